The van der Waals surface area contributed by atoms with Crippen molar-refractivity contribution in [2.45, 2.75) is 71.7 Å². The van der Waals surface area contributed by atoms with E-state index >= 15 is 0 Å². The fourth-order valence-electron chi connectivity index (χ4n) is 4.38. The zero-order chi connectivity index (χ0) is 29.6. The number of alkyl carbamates (subject to hydrolysis) is 1. The van der Waals surface area contributed by atoms with E-state index in [1.807, 2.05) is 43.3 Å². The fourth-order valence-corrected chi connectivity index (χ4v) is 4.38. The molecule has 0 radical (unpaired) electrons. The first-order chi connectivity index (χ1) is 18.8. The molecular formula is C31H39N3O6. The minimum Gasteiger partial charge on any atom is -0.508 e. The predicted octanol–water partition coefficient (Wildman–Crippen LogP) is 5.05. The first-order valence-electron chi connectivity index (χ1n) is 13.4. The molecule has 3 atom stereocenters. The molecule has 0 aliphatic rings. The van der Waals surface area contributed by atoms with E-state index in [1.54, 1.807) is 52.8 Å². The quantitative estimate of drug-likeness (QED) is 0.296. The van der Waals surface area contributed by atoms with Crippen LogP contribution in [0.25, 0.3) is 10.8 Å². The number of anilines is 1. The Labute approximate surface area is 235 Å². The van der Waals surface area contributed by atoms with E-state index in [4.69, 9.17) is 4.74 Å². The number of ether oxygens (including phenoxy) is 1. The van der Waals surface area contributed by atoms with Gasteiger partial charge in [-0.2, -0.15) is 0 Å². The van der Waals surface area contributed by atoms with Crippen LogP contribution in [-0.2, 0) is 14.3 Å². The molecular weight excluding hydrogens is 510 g/mol. The molecule has 9 heteroatoms. The maximum atomic E-state index is 14.0. The molecule has 0 heterocycles. The molecule has 3 rings (SSSR count). The third-order valence-corrected chi connectivity index (χ3v) is 6.57. The normalized spacial score (nSPS) is 13.7. The highest BCUT2D eigenvalue weighted by Gasteiger charge is 2.38. The molecule has 3 aromatic rings. The Morgan fingerprint density at radius 2 is 1.68 bits per heavy atom. The minimum atomic E-state index is -1.35. The van der Waals surface area contributed by atoms with E-state index in [0.717, 1.165) is 10.8 Å². The molecule has 0 bridgehead atoms. The van der Waals surface area contributed by atoms with Crippen LogP contribution in [0.1, 0.15) is 58.2 Å². The molecule has 0 aliphatic heterocycles. The van der Waals surface area contributed by atoms with Gasteiger partial charge in [-0.25, -0.2) is 4.79 Å². The van der Waals surface area contributed by atoms with Crippen molar-refractivity contribution in [1.29, 1.82) is 0 Å². The Bertz CT molecular complexity index is 1370. The lowest BCUT2D eigenvalue weighted by molar-refractivity contribution is -0.144. The summed E-state index contributed by atoms with van der Waals surface area (Å²) in [5.41, 5.74) is 0.737. The summed E-state index contributed by atoms with van der Waals surface area (Å²) in [5, 5.41) is 27.6. The number of nitrogens with one attached hydrogen (secondary N) is 2. The lowest BCUT2D eigenvalue weighted by Gasteiger charge is -2.38. The molecule has 3 amide bonds. The number of carbonyl (C=O) groups excluding carboxylic acids is 3. The third kappa shape index (κ3) is 7.51. The van der Waals surface area contributed by atoms with Gasteiger partial charge in [0.15, 0.2) is 0 Å². The van der Waals surface area contributed by atoms with Crippen LogP contribution in [0.4, 0.5) is 10.5 Å². The van der Waals surface area contributed by atoms with Crippen LogP contribution < -0.4 is 10.6 Å². The molecule has 0 aromatic heterocycles. The number of phenolic OH excluding ortho intramolecular Hbond substituents is 1. The zero-order valence-corrected chi connectivity index (χ0v) is 23.9. The lowest BCUT2D eigenvalue weighted by atomic mass is 9.98. The Hall–Kier alpha value is -4.11. The fraction of sp³-hybridized carbons (Fsp3) is 0.387. The van der Waals surface area contributed by atoms with Crippen LogP contribution >= 0.6 is 0 Å². The van der Waals surface area contributed by atoms with Gasteiger partial charge >= 0.3 is 6.09 Å². The first-order valence-corrected chi connectivity index (χ1v) is 13.4. The number of carbonyl (C=O) groups is 3. The van der Waals surface area contributed by atoms with Crippen LogP contribution in [0.2, 0.25) is 0 Å². The summed E-state index contributed by atoms with van der Waals surface area (Å²) in [6, 6.07) is 15.1. The average molecular weight is 550 g/mol. The van der Waals surface area contributed by atoms with Crippen molar-refractivity contribution in [3.8, 4) is 5.75 Å². The maximum absolute atomic E-state index is 14.0. The van der Waals surface area contributed by atoms with E-state index in [0.29, 0.717) is 23.2 Å². The van der Waals surface area contributed by atoms with E-state index in [2.05, 4.69) is 10.6 Å². The highest BCUT2D eigenvalue weighted by Crippen LogP contribution is 2.31. The summed E-state index contributed by atoms with van der Waals surface area (Å²) in [4.78, 5) is 41.8. The number of aromatic hydroxyl groups is 1. The van der Waals surface area contributed by atoms with Crippen LogP contribution in [0.5, 0.6) is 5.75 Å². The average Bonchev–Trinajstić information content (AvgIpc) is 2.90. The van der Waals surface area contributed by atoms with Crippen molar-refractivity contribution in [2.75, 3.05) is 11.9 Å². The zero-order valence-electron chi connectivity index (χ0n) is 23.9. The minimum absolute atomic E-state index is 0.0543. The van der Waals surface area contributed by atoms with Gasteiger partial charge in [-0.15, -0.1) is 0 Å². The van der Waals surface area contributed by atoms with E-state index in [9.17, 15) is 24.6 Å². The van der Waals surface area contributed by atoms with Crippen LogP contribution in [0, 0.1) is 6.92 Å². The van der Waals surface area contributed by atoms with E-state index < -0.39 is 48.2 Å². The number of aliphatic hydroxyl groups is 1. The number of rotatable bonds is 9. The summed E-state index contributed by atoms with van der Waals surface area (Å²) < 4.78 is 5.28. The Morgan fingerprint density at radius 1 is 1.00 bits per heavy atom. The summed E-state index contributed by atoms with van der Waals surface area (Å²) in [6.45, 7) is 9.74. The monoisotopic (exact) mass is 549 g/mol. The molecule has 0 fully saturated rings. The van der Waals surface area contributed by atoms with Crippen molar-refractivity contribution >= 4 is 34.4 Å². The van der Waals surface area contributed by atoms with Gasteiger partial charge in [-0.3, -0.25) is 9.59 Å². The topological polar surface area (TPSA) is 128 Å². The van der Waals surface area contributed by atoms with Gasteiger partial charge in [0.25, 0.3) is 5.91 Å². The van der Waals surface area contributed by atoms with Crippen molar-refractivity contribution in [3.63, 3.8) is 0 Å². The van der Waals surface area contributed by atoms with Crippen molar-refractivity contribution in [3.05, 3.63) is 71.8 Å². The summed E-state index contributed by atoms with van der Waals surface area (Å²) in [5.74, 6) is -1.08. The molecule has 214 valence electrons. The number of hydrogen-bond acceptors (Lipinski definition) is 6. The number of benzene rings is 3. The number of aryl methyl sites for hydroxylation is 1. The second-order valence-corrected chi connectivity index (χ2v) is 10.9. The number of hydrogen-bond donors (Lipinski definition) is 4. The number of aliphatic hydroxyl groups excluding tert-OH is 1. The lowest BCUT2D eigenvalue weighted by Crippen LogP contribution is -2.56. The van der Waals surface area contributed by atoms with Gasteiger partial charge in [-0.05, 0) is 87.2 Å². The van der Waals surface area contributed by atoms with E-state index in [1.165, 1.54) is 11.0 Å². The van der Waals surface area contributed by atoms with Gasteiger partial charge in [0.2, 0.25) is 5.91 Å². The molecule has 0 spiro atoms. The van der Waals surface area contributed by atoms with Crippen LogP contribution in [0.3, 0.4) is 0 Å². The maximum Gasteiger partial charge on any atom is 0.408 e. The van der Waals surface area contributed by atoms with Crippen LogP contribution in [0.15, 0.2) is 60.7 Å². The van der Waals surface area contributed by atoms with Crippen molar-refractivity contribution in [1.82, 2.24) is 10.2 Å². The Balaban J connectivity index is 2.04. The molecule has 0 saturated heterocycles. The van der Waals surface area contributed by atoms with E-state index in [-0.39, 0.29) is 5.75 Å². The summed E-state index contributed by atoms with van der Waals surface area (Å²) in [6.07, 6.45) is -0.366. The highest BCUT2D eigenvalue weighted by atomic mass is 16.6. The predicted molar refractivity (Wildman–Crippen MR) is 155 cm³/mol. The Kier molecular flexibility index (Phi) is 9.76. The van der Waals surface area contributed by atoms with Gasteiger partial charge in [0.05, 0.1) is 6.61 Å². The third-order valence-electron chi connectivity index (χ3n) is 6.57. The van der Waals surface area contributed by atoms with Gasteiger partial charge in [0.1, 0.15) is 23.4 Å². The molecule has 3 aromatic carbocycles. The van der Waals surface area contributed by atoms with Gasteiger partial charge < -0.3 is 30.5 Å². The second-order valence-electron chi connectivity index (χ2n) is 10.9. The van der Waals surface area contributed by atoms with Crippen LogP contribution in [-0.4, -0.2) is 57.3 Å². The standard InChI is InChI=1S/C31H39N3O6/c1-7-20(3)34(29(38)25(18-35)33-30(39)40-31(4,5)6)27(23-13-15-26(36)19(2)16-23)28(37)32-24-14-12-21-10-8-9-11-22(21)17-24/h8-17,20,25,27,35-36H,7,18H2,1-6H3,(H,32,37)(H,33,39). The van der Waals surface area contributed by atoms with Gasteiger partial charge in [-0.1, -0.05) is 43.3 Å². The van der Waals surface area contributed by atoms with Gasteiger partial charge in [0, 0.05) is 11.7 Å². The molecule has 0 saturated carbocycles. The molecule has 0 aliphatic carbocycles. The summed E-state index contributed by atoms with van der Waals surface area (Å²) >= 11 is 0. The molecule has 40 heavy (non-hydrogen) atoms. The first kappa shape index (κ1) is 30.4. The number of phenols is 1. The van der Waals surface area contributed by atoms with Crippen molar-refractivity contribution < 1.29 is 29.3 Å². The molecule has 9 nitrogen and oxygen atoms in total. The number of nitrogens with zero attached hydrogens (tertiary/aromatic N) is 1. The summed E-state index contributed by atoms with van der Waals surface area (Å²) in [7, 11) is 0. The van der Waals surface area contributed by atoms with Crippen molar-refractivity contribution in [2.24, 2.45) is 0 Å². The smallest absolute Gasteiger partial charge is 0.408 e. The second kappa shape index (κ2) is 12.8. The largest absolute Gasteiger partial charge is 0.508 e. The number of fused-ring (bicyclic) bond motifs is 1. The number of amides is 3. The molecule has 4 N–H and O–H groups in total. The molecule has 3 unspecified atom stereocenters. The Morgan fingerprint density at radius 3 is 2.27 bits per heavy atom. The SMILES string of the molecule is CCC(C)N(C(=O)C(CO)NC(=O)OC(C)(C)C)C(C(=O)Nc1ccc2ccccc2c1)c1ccc(O)c(C)c1. The highest BCUT2D eigenvalue weighted by molar-refractivity contribution is 6.00.